The molecule has 0 radical (unpaired) electrons. The lowest BCUT2D eigenvalue weighted by molar-refractivity contribution is -0.161. The number of carbonyl (C=O) groups is 3. The van der Waals surface area contributed by atoms with Gasteiger partial charge < -0.3 is 34.2 Å². The van der Waals surface area contributed by atoms with Gasteiger partial charge in [-0.25, -0.2) is 9.13 Å². The van der Waals surface area contributed by atoms with E-state index in [1.54, 1.807) is 0 Å². The zero-order valence-electron chi connectivity index (χ0n) is 87.4. The van der Waals surface area contributed by atoms with Gasteiger partial charge in [0.1, 0.15) is 25.4 Å². The molecule has 0 saturated heterocycles. The highest BCUT2D eigenvalue weighted by molar-refractivity contribution is 7.47. The van der Waals surface area contributed by atoms with Crippen LogP contribution in [0.4, 0.5) is 0 Å². The summed E-state index contributed by atoms with van der Waals surface area (Å²) in [5.74, 6) is -1.56. The molecule has 0 spiro atoms. The molecule has 0 aliphatic carbocycles. The Morgan fingerprint density at radius 3 is 0.613 bits per heavy atom. The Kier molecular flexibility index (Phi) is 105. The Bertz CT molecular complexity index is 3270. The van der Waals surface area contributed by atoms with Gasteiger partial charge in [-0.1, -0.05) is 491 Å². The molecule has 0 aliphatic heterocycles. The number of esters is 3. The van der Waals surface area contributed by atoms with Crippen molar-refractivity contribution in [3.05, 3.63) is 194 Å². The van der Waals surface area contributed by atoms with E-state index in [1.807, 2.05) is 0 Å². The predicted octanol–water partition coefficient (Wildman–Crippen LogP) is 36.0. The van der Waals surface area contributed by atoms with Crippen LogP contribution in [-0.2, 0) is 55.8 Å². The first kappa shape index (κ1) is 131. The number of phosphoric acid groups is 2. The topological polar surface area (TPSA) is 231 Å². The number of allylic oxidation sites excluding steroid dienone is 32. The van der Waals surface area contributed by atoms with Gasteiger partial charge >= 0.3 is 33.6 Å². The predicted molar refractivity (Wildman–Crippen MR) is 583 cm³/mol. The summed E-state index contributed by atoms with van der Waals surface area (Å²) < 4.78 is 61.9. The molecule has 0 heterocycles. The number of phosphoric ester groups is 2. The van der Waals surface area contributed by atoms with Crippen LogP contribution in [0.25, 0.3) is 0 Å². The van der Waals surface area contributed by atoms with E-state index in [4.69, 9.17) is 32.3 Å². The fourth-order valence-electron chi connectivity index (χ4n) is 15.5. The first-order valence-electron chi connectivity index (χ1n) is 55.7. The van der Waals surface area contributed by atoms with Gasteiger partial charge in [-0.05, 0) is 167 Å². The largest absolute Gasteiger partial charge is 0.472 e. The second-order valence-electron chi connectivity index (χ2n) is 37.1. The maximum Gasteiger partial charge on any atom is 0.472 e. The second-order valence-corrected chi connectivity index (χ2v) is 40.0. The Hall–Kier alpha value is -5.61. The minimum Gasteiger partial charge on any atom is -0.463 e. The minimum absolute atomic E-state index is 0.0991. The molecule has 0 amide bonds. The smallest absolute Gasteiger partial charge is 0.463 e. The van der Waals surface area contributed by atoms with E-state index in [0.29, 0.717) is 19.3 Å². The van der Waals surface area contributed by atoms with E-state index in [-0.39, 0.29) is 19.3 Å². The summed E-state index contributed by atoms with van der Waals surface area (Å²) in [6.45, 7) is 2.51. The molecular weight excluding hydrogens is 1750 g/mol. The number of rotatable bonds is 105. The molecule has 0 aromatic heterocycles. The third kappa shape index (κ3) is 111. The number of hydrogen-bond donors (Lipinski definition) is 4. The van der Waals surface area contributed by atoms with Gasteiger partial charge in [-0.3, -0.25) is 32.5 Å². The molecule has 0 bridgehead atoms. The van der Waals surface area contributed by atoms with Crippen LogP contribution < -0.4 is 0 Å². The molecule has 0 rings (SSSR count). The van der Waals surface area contributed by atoms with Gasteiger partial charge in [0.25, 0.3) is 0 Å². The van der Waals surface area contributed by atoms with Crippen molar-refractivity contribution >= 4 is 33.6 Å². The summed E-state index contributed by atoms with van der Waals surface area (Å²) in [5, 5.41) is 20.8. The standard InChI is InChI=1S/C119H204O16P2/c1-4-7-10-13-16-19-22-25-28-31-34-37-40-43-46-49-52-54-56-58-61-63-66-69-72-75-78-81-84-87-90-93-96-99-102-105-117(122)129-108-114(120)109-131-136(125,126)132-110-115(121)111-133-137(127,128)134-113-116(135-119(124)107-104-101-98-95-92-89-86-83-80-77-74-71-68-65-60-51-48-45-42-39-36-33-30-27-24-21-18-15-12-9-6-3)112-130-118(123)106-103-100-97-94-91-88-85-82-79-76-73-70-67-64-62-59-57-55-53-50-47-44-41-38-35-32-29-26-23-20-17-14-11-8-5-2/h7,9-10,12,16-21,25-30,34-39,43-48,52,54,60,65,114-116,120-121H,4-6,8,11,13-15,22-24,31-33,40-42,49-51,53,55-59,61-64,66-113H2,1-3H3,(H,125,126)(H,127,128)/b10-7-,12-9-,19-16-,20-17-,21-18-,28-25-,29-26-,30-27-,37-34-,38-35-,39-36-,46-43-,47-44-,48-45-,54-52-,65-60-. The van der Waals surface area contributed by atoms with Crippen LogP contribution in [0.1, 0.15) is 483 Å². The molecule has 16 nitrogen and oxygen atoms in total. The summed E-state index contributed by atoms with van der Waals surface area (Å²) in [7, 11) is -9.83. The molecule has 0 saturated carbocycles. The fraction of sp³-hybridized carbons (Fsp3) is 0.706. The van der Waals surface area contributed by atoms with Crippen LogP contribution in [0.2, 0.25) is 0 Å². The Labute approximate surface area is 839 Å². The lowest BCUT2D eigenvalue weighted by atomic mass is 10.0. The van der Waals surface area contributed by atoms with Gasteiger partial charge in [0, 0.05) is 19.3 Å². The van der Waals surface area contributed by atoms with Crippen molar-refractivity contribution in [3.8, 4) is 0 Å². The van der Waals surface area contributed by atoms with Crippen molar-refractivity contribution < 1.29 is 75.8 Å². The molecular formula is C119H204O16P2. The third-order valence-corrected chi connectivity index (χ3v) is 25.7. The number of hydrogen-bond acceptors (Lipinski definition) is 14. The lowest BCUT2D eigenvalue weighted by Crippen LogP contribution is -2.30. The van der Waals surface area contributed by atoms with Gasteiger partial charge in [0.15, 0.2) is 6.10 Å². The quantitative estimate of drug-likeness (QED) is 0.0146. The van der Waals surface area contributed by atoms with Gasteiger partial charge in [-0.15, -0.1) is 0 Å². The monoisotopic (exact) mass is 1950 g/mol. The number of ether oxygens (including phenoxy) is 3. The van der Waals surface area contributed by atoms with E-state index in [2.05, 4.69) is 215 Å². The lowest BCUT2D eigenvalue weighted by Gasteiger charge is -2.21. The molecule has 137 heavy (non-hydrogen) atoms. The number of aliphatic hydroxyl groups is 2. The SMILES string of the molecule is CC/C=C\C/C=C\C/C=C\C/C=C\C/C=C\C/C=C\CCCCCCCCCCCCCCCCCCC(=O)OCC(O)COP(=O)(O)OCC(O)COP(=O)(O)OCC(COC(=O)CCCCCCCCCCCCCCCCCCCCC/C=C\C/C=C\C/C=C\C/C=C\CCCCC)OC(=O)CCCCCCCCCCCCCC/C=C\C/C=C\C/C=C\C/C=C\C/C=C\C/C=C\CC. The van der Waals surface area contributed by atoms with Crippen molar-refractivity contribution in [2.24, 2.45) is 0 Å². The van der Waals surface area contributed by atoms with E-state index in [1.165, 1.54) is 257 Å². The summed E-state index contributed by atoms with van der Waals surface area (Å²) in [6.07, 6.45) is 148. The molecule has 0 aliphatic rings. The highest BCUT2D eigenvalue weighted by Crippen LogP contribution is 2.45. The van der Waals surface area contributed by atoms with E-state index < -0.39 is 91.5 Å². The first-order valence-corrected chi connectivity index (χ1v) is 58.7. The zero-order valence-corrected chi connectivity index (χ0v) is 89.2. The van der Waals surface area contributed by atoms with Crippen LogP contribution in [0.5, 0.6) is 0 Å². The first-order chi connectivity index (χ1) is 67.2. The van der Waals surface area contributed by atoms with E-state index >= 15 is 0 Å². The minimum atomic E-state index is -4.95. The summed E-state index contributed by atoms with van der Waals surface area (Å²) in [4.78, 5) is 59.4. The summed E-state index contributed by atoms with van der Waals surface area (Å²) in [5.41, 5.74) is 0. The molecule has 5 unspecified atom stereocenters. The number of aliphatic hydroxyl groups excluding tert-OH is 2. The molecule has 0 aromatic carbocycles. The average molecular weight is 1950 g/mol. The average Bonchev–Trinajstić information content (AvgIpc) is 0.898. The van der Waals surface area contributed by atoms with Crippen LogP contribution in [0.15, 0.2) is 194 Å². The normalized spacial score (nSPS) is 14.3. The molecule has 0 aromatic rings. The maximum atomic E-state index is 13.2. The third-order valence-electron chi connectivity index (χ3n) is 23.8. The highest BCUT2D eigenvalue weighted by atomic mass is 31.2. The van der Waals surface area contributed by atoms with Crippen molar-refractivity contribution in [2.75, 3.05) is 39.6 Å². The van der Waals surface area contributed by atoms with Crippen LogP contribution in [0.3, 0.4) is 0 Å². The summed E-state index contributed by atoms with van der Waals surface area (Å²) in [6, 6.07) is 0. The van der Waals surface area contributed by atoms with Crippen molar-refractivity contribution in [1.29, 1.82) is 0 Å². The molecule has 786 valence electrons. The highest BCUT2D eigenvalue weighted by Gasteiger charge is 2.30. The van der Waals surface area contributed by atoms with Crippen molar-refractivity contribution in [1.82, 2.24) is 0 Å². The van der Waals surface area contributed by atoms with Crippen LogP contribution >= 0.6 is 15.6 Å². The van der Waals surface area contributed by atoms with Crippen molar-refractivity contribution in [3.63, 3.8) is 0 Å². The molecule has 0 fully saturated rings. The van der Waals surface area contributed by atoms with Gasteiger partial charge in [-0.2, -0.15) is 0 Å². The van der Waals surface area contributed by atoms with E-state index in [0.717, 1.165) is 167 Å². The van der Waals surface area contributed by atoms with Gasteiger partial charge in [0.2, 0.25) is 0 Å². The van der Waals surface area contributed by atoms with Crippen molar-refractivity contribution in [2.45, 2.75) is 501 Å². The Balaban J connectivity index is 4.60. The number of unbranched alkanes of at least 4 members (excludes halogenated alkanes) is 50. The van der Waals surface area contributed by atoms with Crippen LogP contribution in [-0.4, -0.2) is 95.9 Å². The maximum absolute atomic E-state index is 13.2. The summed E-state index contributed by atoms with van der Waals surface area (Å²) >= 11 is 0. The fourth-order valence-corrected chi connectivity index (χ4v) is 17.0. The number of carbonyl (C=O) groups excluding carboxylic acids is 3. The van der Waals surface area contributed by atoms with Crippen LogP contribution in [0, 0.1) is 0 Å². The second kappa shape index (κ2) is 109. The zero-order chi connectivity index (χ0) is 99.2. The van der Waals surface area contributed by atoms with Gasteiger partial charge in [0.05, 0.1) is 26.4 Å². The Morgan fingerprint density at radius 1 is 0.212 bits per heavy atom. The molecule has 5 atom stereocenters. The Morgan fingerprint density at radius 2 is 0.387 bits per heavy atom. The molecule has 18 heteroatoms. The van der Waals surface area contributed by atoms with E-state index in [9.17, 15) is 43.5 Å². The molecule has 4 N–H and O–H groups in total.